The smallest absolute Gasteiger partial charge is 0.154 e. The average molecular weight is 282 g/mol. The van der Waals surface area contributed by atoms with Crippen LogP contribution < -0.4 is 0 Å². The summed E-state index contributed by atoms with van der Waals surface area (Å²) >= 11 is 12.1. The number of benzene rings is 1. The minimum absolute atomic E-state index is 0.0720. The largest absolute Gasteiger partial charge is 0.298 e. The molecule has 0 amide bonds. The minimum atomic E-state index is -0.841. The van der Waals surface area contributed by atoms with E-state index in [1.54, 1.807) is 18.2 Å². The van der Waals surface area contributed by atoms with E-state index in [4.69, 9.17) is 23.2 Å². The van der Waals surface area contributed by atoms with Crippen LogP contribution in [0.4, 0.5) is 0 Å². The lowest BCUT2D eigenvalue weighted by atomic mass is 9.79. The fourth-order valence-electron chi connectivity index (χ4n) is 2.18. The summed E-state index contributed by atoms with van der Waals surface area (Å²) in [4.78, 5) is 12.1. The van der Waals surface area contributed by atoms with Gasteiger partial charge >= 0.3 is 0 Å². The number of nitriles is 1. The van der Waals surface area contributed by atoms with Gasteiger partial charge in [-0.3, -0.25) is 4.79 Å². The summed E-state index contributed by atoms with van der Waals surface area (Å²) < 4.78 is 0. The summed E-state index contributed by atoms with van der Waals surface area (Å²) in [5.41, 5.74) is 0.452. The molecule has 18 heavy (non-hydrogen) atoms. The van der Waals surface area contributed by atoms with Gasteiger partial charge in [0.2, 0.25) is 0 Å². The van der Waals surface area contributed by atoms with E-state index >= 15 is 0 Å². The van der Waals surface area contributed by atoms with Crippen molar-refractivity contribution in [2.24, 2.45) is 5.92 Å². The van der Waals surface area contributed by atoms with Crippen LogP contribution in [0.15, 0.2) is 18.2 Å². The fraction of sp³-hybridized carbons (Fsp3) is 0.429. The summed E-state index contributed by atoms with van der Waals surface area (Å²) in [6.07, 6.45) is 3.81. The highest BCUT2D eigenvalue weighted by Gasteiger charge is 2.29. The zero-order chi connectivity index (χ0) is 13.1. The maximum atomic E-state index is 12.1. The molecule has 1 fully saturated rings. The lowest BCUT2D eigenvalue weighted by molar-refractivity contribution is -0.120. The van der Waals surface area contributed by atoms with Crippen molar-refractivity contribution in [2.45, 2.75) is 31.6 Å². The highest BCUT2D eigenvalue weighted by Crippen LogP contribution is 2.36. The molecule has 2 rings (SSSR count). The number of halogens is 2. The zero-order valence-electron chi connectivity index (χ0n) is 9.83. The van der Waals surface area contributed by atoms with Crippen molar-refractivity contribution < 1.29 is 4.79 Å². The van der Waals surface area contributed by atoms with Crippen molar-refractivity contribution in [1.82, 2.24) is 0 Å². The summed E-state index contributed by atoms with van der Waals surface area (Å²) in [6, 6.07) is 7.06. The van der Waals surface area contributed by atoms with Crippen LogP contribution >= 0.6 is 23.2 Å². The van der Waals surface area contributed by atoms with Gasteiger partial charge < -0.3 is 0 Å². The number of ketones is 1. The molecule has 1 aromatic rings. The summed E-state index contributed by atoms with van der Waals surface area (Å²) in [5, 5.41) is 9.98. The molecule has 94 valence electrons. The van der Waals surface area contributed by atoms with Crippen LogP contribution in [-0.4, -0.2) is 5.78 Å². The molecule has 1 atom stereocenters. The van der Waals surface area contributed by atoms with Crippen molar-refractivity contribution in [2.75, 3.05) is 0 Å². The minimum Gasteiger partial charge on any atom is -0.298 e. The average Bonchev–Trinajstić information content (AvgIpc) is 2.28. The number of hydrogen-bond acceptors (Lipinski definition) is 2. The van der Waals surface area contributed by atoms with Crippen molar-refractivity contribution in [1.29, 1.82) is 5.26 Å². The van der Waals surface area contributed by atoms with E-state index in [1.807, 2.05) is 6.07 Å². The van der Waals surface area contributed by atoms with Gasteiger partial charge in [0, 0.05) is 22.0 Å². The summed E-state index contributed by atoms with van der Waals surface area (Å²) in [6.45, 7) is 0. The molecule has 1 aliphatic rings. The zero-order valence-corrected chi connectivity index (χ0v) is 11.3. The Morgan fingerprint density at radius 2 is 2.00 bits per heavy atom. The molecule has 0 spiro atoms. The normalized spacial score (nSPS) is 16.7. The fourth-order valence-corrected chi connectivity index (χ4v) is 2.80. The van der Waals surface area contributed by atoms with E-state index < -0.39 is 5.92 Å². The SMILES string of the molecule is N#CC(C(=O)CC1CCC1)c1c(Cl)cccc1Cl. The third-order valence-electron chi connectivity index (χ3n) is 3.45. The van der Waals surface area contributed by atoms with Crippen LogP contribution in [0.3, 0.4) is 0 Å². The first-order valence-corrected chi connectivity index (χ1v) is 6.75. The van der Waals surface area contributed by atoms with Gasteiger partial charge in [-0.2, -0.15) is 5.26 Å². The van der Waals surface area contributed by atoms with E-state index in [1.165, 1.54) is 6.42 Å². The van der Waals surface area contributed by atoms with E-state index in [0.717, 1.165) is 12.8 Å². The van der Waals surface area contributed by atoms with Crippen LogP contribution in [0.1, 0.15) is 37.2 Å². The van der Waals surface area contributed by atoms with Crippen molar-refractivity contribution in [3.05, 3.63) is 33.8 Å². The Labute approximate surface area is 117 Å². The molecule has 0 radical (unpaired) electrons. The second-order valence-electron chi connectivity index (χ2n) is 4.66. The van der Waals surface area contributed by atoms with Crippen molar-refractivity contribution in [3.63, 3.8) is 0 Å². The molecule has 4 heteroatoms. The number of carbonyl (C=O) groups excluding carboxylic acids is 1. The molecule has 1 saturated carbocycles. The summed E-state index contributed by atoms with van der Waals surface area (Å²) in [5.74, 6) is -0.474. The van der Waals surface area contributed by atoms with E-state index in [9.17, 15) is 10.1 Å². The Kier molecular flexibility index (Phi) is 4.27. The number of hydrogen-bond donors (Lipinski definition) is 0. The van der Waals surface area contributed by atoms with E-state index in [-0.39, 0.29) is 5.78 Å². The standard InChI is InChI=1S/C14H13Cl2NO/c15-11-5-2-6-12(16)14(11)10(8-17)13(18)7-9-3-1-4-9/h2,5-6,9-10H,1,3-4,7H2. The van der Waals surface area contributed by atoms with Crippen molar-refractivity contribution in [3.8, 4) is 6.07 Å². The third kappa shape index (κ3) is 2.68. The maximum Gasteiger partial charge on any atom is 0.154 e. The van der Waals surface area contributed by atoms with Gasteiger partial charge in [0.15, 0.2) is 5.78 Å². The Morgan fingerprint density at radius 3 is 2.44 bits per heavy atom. The lowest BCUT2D eigenvalue weighted by Gasteiger charge is -2.25. The molecule has 0 saturated heterocycles. The molecule has 2 nitrogen and oxygen atoms in total. The monoisotopic (exact) mass is 281 g/mol. The quantitative estimate of drug-likeness (QED) is 0.823. The lowest BCUT2D eigenvalue weighted by Crippen LogP contribution is -2.20. The van der Waals surface area contributed by atoms with Crippen LogP contribution in [0, 0.1) is 17.2 Å². The van der Waals surface area contributed by atoms with Gasteiger partial charge in [-0.25, -0.2) is 0 Å². The Balaban J connectivity index is 2.22. The molecule has 1 aliphatic carbocycles. The molecule has 1 aromatic carbocycles. The molecular weight excluding hydrogens is 269 g/mol. The Bertz CT molecular complexity index is 483. The second-order valence-corrected chi connectivity index (χ2v) is 5.48. The van der Waals surface area contributed by atoms with Gasteiger partial charge in [0.25, 0.3) is 0 Å². The Morgan fingerprint density at radius 1 is 1.39 bits per heavy atom. The van der Waals surface area contributed by atoms with Crippen LogP contribution in [0.25, 0.3) is 0 Å². The first kappa shape index (κ1) is 13.4. The highest BCUT2D eigenvalue weighted by molar-refractivity contribution is 6.36. The van der Waals surface area contributed by atoms with Gasteiger partial charge in [-0.05, 0) is 18.1 Å². The first-order valence-electron chi connectivity index (χ1n) is 5.99. The van der Waals surface area contributed by atoms with Crippen LogP contribution in [0.2, 0.25) is 10.0 Å². The van der Waals surface area contributed by atoms with Gasteiger partial charge in [-0.1, -0.05) is 48.5 Å². The van der Waals surface area contributed by atoms with E-state index in [2.05, 4.69) is 0 Å². The van der Waals surface area contributed by atoms with E-state index in [0.29, 0.717) is 27.9 Å². The molecule has 0 bridgehead atoms. The molecule has 0 aromatic heterocycles. The predicted molar refractivity (Wildman–Crippen MR) is 71.8 cm³/mol. The molecule has 0 N–H and O–H groups in total. The molecule has 1 unspecified atom stereocenters. The number of rotatable bonds is 4. The second kappa shape index (κ2) is 5.73. The molecule has 0 heterocycles. The number of Topliss-reactive ketones (excluding diaryl/α,β-unsaturated/α-hetero) is 1. The van der Waals surface area contributed by atoms with Crippen LogP contribution in [-0.2, 0) is 4.79 Å². The van der Waals surface area contributed by atoms with Gasteiger partial charge in [0.05, 0.1) is 6.07 Å². The molecular formula is C14H13Cl2NO. The number of nitrogens with zero attached hydrogens (tertiary/aromatic N) is 1. The van der Waals surface area contributed by atoms with Crippen molar-refractivity contribution >= 4 is 29.0 Å². The number of carbonyl (C=O) groups is 1. The highest BCUT2D eigenvalue weighted by atomic mass is 35.5. The molecule has 0 aliphatic heterocycles. The Hall–Kier alpha value is -1.04. The van der Waals surface area contributed by atoms with Gasteiger partial charge in [0.1, 0.15) is 5.92 Å². The summed E-state index contributed by atoms with van der Waals surface area (Å²) in [7, 11) is 0. The topological polar surface area (TPSA) is 40.9 Å². The maximum absolute atomic E-state index is 12.1. The third-order valence-corrected chi connectivity index (χ3v) is 4.11. The first-order chi connectivity index (χ1) is 8.63. The predicted octanol–water partition coefficient (Wildman–Crippen LogP) is 4.36. The van der Waals surface area contributed by atoms with Crippen LogP contribution in [0.5, 0.6) is 0 Å². The van der Waals surface area contributed by atoms with Gasteiger partial charge in [-0.15, -0.1) is 0 Å².